The number of carbonyl (C=O) groups excluding carboxylic acids is 1. The Morgan fingerprint density at radius 1 is 0.977 bits per heavy atom. The summed E-state index contributed by atoms with van der Waals surface area (Å²) < 4.78 is 15.5. The van der Waals surface area contributed by atoms with Crippen molar-refractivity contribution in [2.24, 2.45) is 4.99 Å². The fraction of sp³-hybridized carbons (Fsp3) is 0.229. The third kappa shape index (κ3) is 5.02. The largest absolute Gasteiger partial charge is 0.494 e. The van der Waals surface area contributed by atoms with Crippen LogP contribution in [0.5, 0.6) is 5.75 Å². The minimum absolute atomic E-state index is 0.202. The maximum Gasteiger partial charge on any atom is 0.338 e. The Morgan fingerprint density at radius 2 is 1.72 bits per heavy atom. The molecule has 3 heterocycles. The molecule has 2 aromatic heterocycles. The molecule has 0 fully saturated rings. The molecule has 6 rings (SSSR count). The summed E-state index contributed by atoms with van der Waals surface area (Å²) in [5.74, 6) is 0.245. The van der Waals surface area contributed by atoms with E-state index in [-0.39, 0.29) is 12.2 Å². The molecule has 1 aliphatic rings. The summed E-state index contributed by atoms with van der Waals surface area (Å²) in [6, 6.07) is 23.6. The van der Waals surface area contributed by atoms with Gasteiger partial charge in [-0.25, -0.2) is 9.79 Å². The maximum atomic E-state index is 14.1. The van der Waals surface area contributed by atoms with E-state index in [1.165, 1.54) is 16.7 Å². The van der Waals surface area contributed by atoms with Crippen LogP contribution in [-0.2, 0) is 9.53 Å². The molecule has 0 saturated heterocycles. The minimum atomic E-state index is -0.670. The summed E-state index contributed by atoms with van der Waals surface area (Å²) in [6.07, 6.45) is 1.94. The first-order valence-corrected chi connectivity index (χ1v) is 15.2. The van der Waals surface area contributed by atoms with Gasteiger partial charge < -0.3 is 14.0 Å². The number of hydrogen-bond acceptors (Lipinski definition) is 6. The van der Waals surface area contributed by atoms with E-state index in [1.807, 2.05) is 43.3 Å². The second kappa shape index (κ2) is 11.5. The van der Waals surface area contributed by atoms with Gasteiger partial charge in [0.05, 0.1) is 40.7 Å². The molecule has 0 radical (unpaired) electrons. The predicted molar refractivity (Wildman–Crippen MR) is 171 cm³/mol. The van der Waals surface area contributed by atoms with Crippen LogP contribution in [0.4, 0.5) is 0 Å². The van der Waals surface area contributed by atoms with Gasteiger partial charge in [-0.2, -0.15) is 0 Å². The Morgan fingerprint density at radius 3 is 2.47 bits per heavy atom. The summed E-state index contributed by atoms with van der Waals surface area (Å²) >= 11 is 1.33. The first kappa shape index (κ1) is 28.4. The minimum Gasteiger partial charge on any atom is -0.494 e. The number of benzene rings is 3. The molecular weight excluding hydrogens is 558 g/mol. The number of rotatable bonds is 7. The Kier molecular flexibility index (Phi) is 7.62. The van der Waals surface area contributed by atoms with Gasteiger partial charge in [-0.05, 0) is 81.5 Å². The fourth-order valence-corrected chi connectivity index (χ4v) is 6.91. The number of nitrogens with zero attached hydrogens (tertiary/aromatic N) is 3. The average Bonchev–Trinajstić information content (AvgIpc) is 3.46. The van der Waals surface area contributed by atoms with Crippen molar-refractivity contribution in [2.75, 3.05) is 13.2 Å². The van der Waals surface area contributed by atoms with Gasteiger partial charge in [-0.1, -0.05) is 59.9 Å². The van der Waals surface area contributed by atoms with Crippen LogP contribution in [0.1, 0.15) is 49.3 Å². The van der Waals surface area contributed by atoms with Gasteiger partial charge in [0, 0.05) is 16.8 Å². The highest BCUT2D eigenvalue weighted by Gasteiger charge is 2.33. The lowest BCUT2D eigenvalue weighted by Gasteiger charge is -2.24. The first-order chi connectivity index (χ1) is 20.8. The number of aryl methyl sites for hydroxylation is 1. The smallest absolute Gasteiger partial charge is 0.338 e. The lowest BCUT2D eigenvalue weighted by molar-refractivity contribution is -0.139. The molecule has 1 atom stereocenters. The average molecular weight is 592 g/mol. The van der Waals surface area contributed by atoms with E-state index in [1.54, 1.807) is 18.4 Å². The zero-order chi connectivity index (χ0) is 30.2. The number of ether oxygens (including phenoxy) is 2. The lowest BCUT2D eigenvalue weighted by Crippen LogP contribution is -2.39. The highest BCUT2D eigenvalue weighted by molar-refractivity contribution is 7.07. The van der Waals surface area contributed by atoms with Crippen molar-refractivity contribution in [3.63, 3.8) is 0 Å². The number of fused-ring (bicyclic) bond motifs is 2. The van der Waals surface area contributed by atoms with Crippen LogP contribution < -0.4 is 19.6 Å². The van der Waals surface area contributed by atoms with E-state index in [2.05, 4.69) is 60.9 Å². The van der Waals surface area contributed by atoms with Gasteiger partial charge in [0.2, 0.25) is 0 Å². The zero-order valence-electron chi connectivity index (χ0n) is 24.9. The monoisotopic (exact) mass is 591 g/mol. The molecule has 0 amide bonds. The van der Waals surface area contributed by atoms with E-state index in [0.29, 0.717) is 27.2 Å². The molecule has 0 spiro atoms. The Bertz CT molecular complexity index is 2070. The van der Waals surface area contributed by atoms with Crippen LogP contribution in [0.3, 0.4) is 0 Å². The lowest BCUT2D eigenvalue weighted by atomic mass is 9.96. The standard InChI is InChI=1S/C35H33N3O4S/c1-6-41-27-17-15-25(16-18-27)32-31(34(40)42-7-2)22(4)36-35-38(32)33(39)30(43-35)20-26-19-21(3)37(23(26)5)29-14-10-12-24-11-8-9-13-28(24)29/h8-20,32H,6-7H2,1-5H3/b30-20-/t32-/m0/s1. The van der Waals surface area contributed by atoms with Crippen molar-refractivity contribution in [3.05, 3.63) is 126 Å². The molecule has 5 aromatic rings. The summed E-state index contributed by atoms with van der Waals surface area (Å²) in [7, 11) is 0. The molecule has 7 nitrogen and oxygen atoms in total. The van der Waals surface area contributed by atoms with Crippen LogP contribution in [0.15, 0.2) is 93.9 Å². The van der Waals surface area contributed by atoms with Gasteiger partial charge in [-0.3, -0.25) is 9.36 Å². The Hall–Kier alpha value is -4.69. The number of thiazole rings is 1. The maximum absolute atomic E-state index is 14.1. The van der Waals surface area contributed by atoms with E-state index in [4.69, 9.17) is 14.5 Å². The molecule has 0 bridgehead atoms. The highest BCUT2D eigenvalue weighted by Crippen LogP contribution is 2.32. The van der Waals surface area contributed by atoms with Crippen LogP contribution in [-0.4, -0.2) is 28.3 Å². The van der Waals surface area contributed by atoms with Crippen molar-refractivity contribution in [1.82, 2.24) is 9.13 Å². The van der Waals surface area contributed by atoms with Crippen LogP contribution in [0, 0.1) is 13.8 Å². The van der Waals surface area contributed by atoms with Crippen LogP contribution in [0.2, 0.25) is 0 Å². The van der Waals surface area contributed by atoms with E-state index in [9.17, 15) is 9.59 Å². The van der Waals surface area contributed by atoms with E-state index < -0.39 is 12.0 Å². The van der Waals surface area contributed by atoms with Crippen molar-refractivity contribution in [1.29, 1.82) is 0 Å². The molecule has 43 heavy (non-hydrogen) atoms. The van der Waals surface area contributed by atoms with Crippen LogP contribution >= 0.6 is 11.3 Å². The molecule has 8 heteroatoms. The summed E-state index contributed by atoms with van der Waals surface area (Å²) in [5.41, 5.74) is 5.63. The van der Waals surface area contributed by atoms with Crippen molar-refractivity contribution in [2.45, 2.75) is 40.7 Å². The SMILES string of the molecule is CCOC(=O)C1=C(C)N=c2s/c(=C\c3cc(C)n(-c4cccc5ccccc45)c3C)c(=O)n2[C@H]1c1ccc(OCC)cc1. The third-order valence-corrected chi connectivity index (χ3v) is 8.77. The molecule has 218 valence electrons. The van der Waals surface area contributed by atoms with Gasteiger partial charge in [0.25, 0.3) is 5.56 Å². The molecule has 1 aliphatic heterocycles. The van der Waals surface area contributed by atoms with Crippen LogP contribution in [0.25, 0.3) is 22.5 Å². The van der Waals surface area contributed by atoms with Gasteiger partial charge in [-0.15, -0.1) is 0 Å². The number of allylic oxidation sites excluding steroid dienone is 1. The number of aromatic nitrogens is 2. The molecule has 3 aromatic carbocycles. The number of carbonyl (C=O) groups is 1. The van der Waals surface area contributed by atoms with E-state index in [0.717, 1.165) is 39.3 Å². The van der Waals surface area contributed by atoms with Crippen molar-refractivity contribution in [3.8, 4) is 11.4 Å². The predicted octanol–water partition coefficient (Wildman–Crippen LogP) is 5.76. The second-order valence-electron chi connectivity index (χ2n) is 10.5. The normalized spacial score (nSPS) is 15.0. The van der Waals surface area contributed by atoms with Gasteiger partial charge in [0.1, 0.15) is 5.75 Å². The van der Waals surface area contributed by atoms with Gasteiger partial charge in [0.15, 0.2) is 4.80 Å². The molecule has 0 N–H and O–H groups in total. The zero-order valence-corrected chi connectivity index (χ0v) is 25.7. The number of esters is 1. The van der Waals surface area contributed by atoms with Crippen molar-refractivity contribution < 1.29 is 14.3 Å². The molecule has 0 aliphatic carbocycles. The Balaban J connectivity index is 1.51. The van der Waals surface area contributed by atoms with E-state index >= 15 is 0 Å². The Labute approximate surface area is 253 Å². The van der Waals surface area contributed by atoms with Crippen molar-refractivity contribution >= 4 is 34.2 Å². The topological polar surface area (TPSA) is 74.8 Å². The number of hydrogen-bond donors (Lipinski definition) is 0. The molecule has 0 unspecified atom stereocenters. The fourth-order valence-electron chi connectivity index (χ4n) is 5.87. The first-order valence-electron chi connectivity index (χ1n) is 14.4. The molecular formula is C35H33N3O4S. The van der Waals surface area contributed by atoms with Gasteiger partial charge >= 0.3 is 5.97 Å². The molecule has 0 saturated carbocycles. The summed E-state index contributed by atoms with van der Waals surface area (Å²) in [6.45, 7) is 10.4. The summed E-state index contributed by atoms with van der Waals surface area (Å²) in [4.78, 5) is 32.6. The highest BCUT2D eigenvalue weighted by atomic mass is 32.1. The summed E-state index contributed by atoms with van der Waals surface area (Å²) in [5, 5.41) is 2.33. The second-order valence-corrected chi connectivity index (χ2v) is 11.5. The quantitative estimate of drug-likeness (QED) is 0.226. The third-order valence-electron chi connectivity index (χ3n) is 7.79.